The molecule has 0 radical (unpaired) electrons. The normalized spacial score (nSPS) is 10.7. The lowest BCUT2D eigenvalue weighted by molar-refractivity contribution is -0.137. The zero-order valence-corrected chi connectivity index (χ0v) is 9.32. The maximum Gasteiger partial charge on any atom is 0.303 e. The highest BCUT2D eigenvalue weighted by molar-refractivity contribution is 9.10. The van der Waals surface area contributed by atoms with E-state index in [-0.39, 0.29) is 6.42 Å². The van der Waals surface area contributed by atoms with Gasteiger partial charge in [0.15, 0.2) is 0 Å². The molecule has 2 rings (SSSR count). The summed E-state index contributed by atoms with van der Waals surface area (Å²) < 4.78 is 6.01. The number of benzene rings is 1. The molecule has 0 unspecified atom stereocenters. The lowest BCUT2D eigenvalue weighted by atomic mass is 10.1. The van der Waals surface area contributed by atoms with Crippen LogP contribution < -0.4 is 0 Å². The number of rotatable bonds is 3. The number of hydrogen-bond donors (Lipinski definition) is 1. The molecule has 1 aromatic carbocycles. The number of carbonyl (C=O) groups is 1. The van der Waals surface area contributed by atoms with Crippen LogP contribution in [0, 0.1) is 0 Å². The molecule has 0 saturated heterocycles. The number of halogens is 1. The van der Waals surface area contributed by atoms with Crippen LogP contribution in [0.1, 0.15) is 12.2 Å². The van der Waals surface area contributed by atoms with Crippen molar-refractivity contribution in [3.63, 3.8) is 0 Å². The number of nitrogens with zero attached hydrogens (tertiary/aromatic N) is 1. The number of aromatic nitrogens is 1. The molecule has 4 nitrogen and oxygen atoms in total. The van der Waals surface area contributed by atoms with Gasteiger partial charge in [0.2, 0.25) is 0 Å². The average molecular weight is 270 g/mol. The smallest absolute Gasteiger partial charge is 0.303 e. The van der Waals surface area contributed by atoms with Crippen molar-refractivity contribution >= 4 is 32.8 Å². The minimum absolute atomic E-state index is 0.0559. The summed E-state index contributed by atoms with van der Waals surface area (Å²) >= 11 is 3.33. The van der Waals surface area contributed by atoms with Crippen LogP contribution in [0.5, 0.6) is 0 Å². The lowest BCUT2D eigenvalue weighted by Crippen LogP contribution is -1.96. The van der Waals surface area contributed by atoms with Crippen molar-refractivity contribution < 1.29 is 14.4 Å². The van der Waals surface area contributed by atoms with Crippen molar-refractivity contribution in [1.29, 1.82) is 0 Å². The molecule has 0 fully saturated rings. The Morgan fingerprint density at radius 2 is 2.33 bits per heavy atom. The highest BCUT2D eigenvalue weighted by Crippen LogP contribution is 2.23. The highest BCUT2D eigenvalue weighted by atomic mass is 79.9. The van der Waals surface area contributed by atoms with Gasteiger partial charge in [-0.1, -0.05) is 21.1 Å². The number of aryl methyl sites for hydroxylation is 1. The van der Waals surface area contributed by atoms with E-state index in [0.29, 0.717) is 12.2 Å². The third-order valence-corrected chi connectivity index (χ3v) is 2.57. The van der Waals surface area contributed by atoms with E-state index in [9.17, 15) is 4.79 Å². The van der Waals surface area contributed by atoms with Gasteiger partial charge in [-0.05, 0) is 18.2 Å². The van der Waals surface area contributed by atoms with Gasteiger partial charge in [0.1, 0.15) is 11.3 Å². The second-order valence-corrected chi connectivity index (χ2v) is 4.08. The molecular formula is C10H8BrNO3. The first-order valence-corrected chi connectivity index (χ1v) is 5.22. The monoisotopic (exact) mass is 269 g/mol. The standard InChI is InChI=1S/C10H8BrNO3/c11-6-1-2-7-8(5-6)12-15-9(7)3-4-10(13)14/h1-2,5H,3-4H2,(H,13,14). The molecule has 0 bridgehead atoms. The van der Waals surface area contributed by atoms with Crippen molar-refractivity contribution in [3.05, 3.63) is 28.4 Å². The Kier molecular flexibility index (Phi) is 2.73. The van der Waals surface area contributed by atoms with Crippen molar-refractivity contribution in [2.45, 2.75) is 12.8 Å². The maximum atomic E-state index is 10.4. The molecule has 1 heterocycles. The van der Waals surface area contributed by atoms with Crippen molar-refractivity contribution in [1.82, 2.24) is 5.16 Å². The molecule has 78 valence electrons. The topological polar surface area (TPSA) is 63.3 Å². The first-order valence-electron chi connectivity index (χ1n) is 4.42. The molecule has 2 aromatic rings. The molecule has 0 saturated carbocycles. The fraction of sp³-hybridized carbons (Fsp3) is 0.200. The Balaban J connectivity index is 2.32. The zero-order chi connectivity index (χ0) is 10.8. The maximum absolute atomic E-state index is 10.4. The summed E-state index contributed by atoms with van der Waals surface area (Å²) in [6.07, 6.45) is 0.424. The van der Waals surface area contributed by atoms with Gasteiger partial charge in [0, 0.05) is 16.3 Å². The summed E-state index contributed by atoms with van der Waals surface area (Å²) in [6, 6.07) is 5.58. The predicted molar refractivity (Wildman–Crippen MR) is 57.7 cm³/mol. The van der Waals surface area contributed by atoms with Gasteiger partial charge in [-0.15, -0.1) is 0 Å². The molecule has 0 aliphatic rings. The predicted octanol–water partition coefficient (Wildman–Crippen LogP) is 2.61. The van der Waals surface area contributed by atoms with E-state index in [0.717, 1.165) is 15.4 Å². The summed E-state index contributed by atoms with van der Waals surface area (Å²) in [5.41, 5.74) is 0.741. The van der Waals surface area contributed by atoms with Gasteiger partial charge >= 0.3 is 5.97 Å². The molecule has 15 heavy (non-hydrogen) atoms. The highest BCUT2D eigenvalue weighted by Gasteiger charge is 2.09. The largest absolute Gasteiger partial charge is 0.481 e. The molecule has 0 aliphatic heterocycles. The second-order valence-electron chi connectivity index (χ2n) is 3.16. The van der Waals surface area contributed by atoms with Crippen LogP contribution in [0.25, 0.3) is 10.9 Å². The van der Waals surface area contributed by atoms with Gasteiger partial charge in [0.05, 0.1) is 6.42 Å². The van der Waals surface area contributed by atoms with Crippen LogP contribution >= 0.6 is 15.9 Å². The minimum Gasteiger partial charge on any atom is -0.481 e. The van der Waals surface area contributed by atoms with Gasteiger partial charge in [-0.3, -0.25) is 4.79 Å². The Hall–Kier alpha value is -1.36. The molecule has 0 atom stereocenters. The third kappa shape index (κ3) is 2.18. The fourth-order valence-corrected chi connectivity index (χ4v) is 1.72. The van der Waals surface area contributed by atoms with Crippen LogP contribution in [-0.4, -0.2) is 16.2 Å². The SMILES string of the molecule is O=C(O)CCc1onc2cc(Br)ccc12. The van der Waals surface area contributed by atoms with Gasteiger partial charge in [-0.2, -0.15) is 0 Å². The first-order chi connectivity index (χ1) is 7.16. The quantitative estimate of drug-likeness (QED) is 0.931. The number of carboxylic acid groups (broad SMARTS) is 1. The molecule has 1 N–H and O–H groups in total. The van der Waals surface area contributed by atoms with E-state index in [1.807, 2.05) is 18.2 Å². The van der Waals surface area contributed by atoms with Crippen molar-refractivity contribution in [2.24, 2.45) is 0 Å². The van der Waals surface area contributed by atoms with Crippen LogP contribution in [0.3, 0.4) is 0 Å². The van der Waals surface area contributed by atoms with E-state index in [2.05, 4.69) is 21.1 Å². The summed E-state index contributed by atoms with van der Waals surface area (Å²) in [5, 5.41) is 13.3. The average Bonchev–Trinajstić information content (AvgIpc) is 2.57. The Morgan fingerprint density at radius 1 is 1.53 bits per heavy atom. The lowest BCUT2D eigenvalue weighted by Gasteiger charge is -1.93. The molecular weight excluding hydrogens is 262 g/mol. The molecule has 0 amide bonds. The van der Waals surface area contributed by atoms with E-state index >= 15 is 0 Å². The zero-order valence-electron chi connectivity index (χ0n) is 7.74. The van der Waals surface area contributed by atoms with Crippen molar-refractivity contribution in [3.8, 4) is 0 Å². The second kappa shape index (κ2) is 4.02. The first kappa shape index (κ1) is 10.2. The summed E-state index contributed by atoms with van der Waals surface area (Å²) in [4.78, 5) is 10.4. The Morgan fingerprint density at radius 3 is 3.07 bits per heavy atom. The number of fused-ring (bicyclic) bond motifs is 1. The molecule has 1 aromatic heterocycles. The Bertz CT molecular complexity index is 506. The fourth-order valence-electron chi connectivity index (χ4n) is 1.37. The van der Waals surface area contributed by atoms with E-state index < -0.39 is 5.97 Å². The van der Waals surface area contributed by atoms with Crippen LogP contribution in [0.4, 0.5) is 0 Å². The van der Waals surface area contributed by atoms with Crippen molar-refractivity contribution in [2.75, 3.05) is 0 Å². The number of carboxylic acids is 1. The Labute approximate surface area is 94.0 Å². The molecule has 0 spiro atoms. The van der Waals surface area contributed by atoms with Crippen LogP contribution in [-0.2, 0) is 11.2 Å². The van der Waals surface area contributed by atoms with E-state index in [1.165, 1.54) is 0 Å². The van der Waals surface area contributed by atoms with Crippen LogP contribution in [0.2, 0.25) is 0 Å². The van der Waals surface area contributed by atoms with E-state index in [4.69, 9.17) is 9.63 Å². The summed E-state index contributed by atoms with van der Waals surface area (Å²) in [6.45, 7) is 0. The number of aliphatic carboxylic acids is 1. The summed E-state index contributed by atoms with van der Waals surface area (Å²) in [7, 11) is 0. The summed E-state index contributed by atoms with van der Waals surface area (Å²) in [5.74, 6) is -0.212. The molecule has 5 heteroatoms. The van der Waals surface area contributed by atoms with Gasteiger partial charge < -0.3 is 9.63 Å². The van der Waals surface area contributed by atoms with E-state index in [1.54, 1.807) is 0 Å². The minimum atomic E-state index is -0.836. The molecule has 0 aliphatic carbocycles. The van der Waals surface area contributed by atoms with Gasteiger partial charge in [0.25, 0.3) is 0 Å². The third-order valence-electron chi connectivity index (χ3n) is 2.08. The van der Waals surface area contributed by atoms with Crippen LogP contribution in [0.15, 0.2) is 27.2 Å². The van der Waals surface area contributed by atoms with Gasteiger partial charge in [-0.25, -0.2) is 0 Å². The number of hydrogen-bond acceptors (Lipinski definition) is 3.